The van der Waals surface area contributed by atoms with E-state index < -0.39 is 0 Å². The van der Waals surface area contributed by atoms with E-state index in [0.717, 1.165) is 35.4 Å². The highest BCUT2D eigenvalue weighted by Crippen LogP contribution is 2.51. The zero-order valence-corrected chi connectivity index (χ0v) is 31.4. The second-order valence-electron chi connectivity index (χ2n) is 12.7. The lowest BCUT2D eigenvalue weighted by Gasteiger charge is -2.28. The molecule has 2 aliphatic heterocycles. The smallest absolute Gasteiger partial charge is 0.155 e. The van der Waals surface area contributed by atoms with Crippen LogP contribution >= 0.6 is 11.8 Å². The van der Waals surface area contributed by atoms with E-state index in [1.165, 1.54) is 49.4 Å². The number of aliphatic imine (C=N–C) groups is 2. The number of anilines is 2. The lowest BCUT2D eigenvalue weighted by atomic mass is 9.94. The summed E-state index contributed by atoms with van der Waals surface area (Å²) in [6.45, 7) is 19.7. The number of nitrogens with zero attached hydrogens (tertiary/aromatic N) is 4. The van der Waals surface area contributed by atoms with Crippen LogP contribution in [0, 0.1) is 6.92 Å². The largest absolute Gasteiger partial charge is 0.337 e. The van der Waals surface area contributed by atoms with E-state index in [0.29, 0.717) is 24.2 Å². The van der Waals surface area contributed by atoms with Crippen LogP contribution in [0.25, 0.3) is 28.2 Å². The number of thioether (sulfide) groups is 1. The van der Waals surface area contributed by atoms with Crippen molar-refractivity contribution in [1.29, 1.82) is 0 Å². The van der Waals surface area contributed by atoms with Gasteiger partial charge in [0, 0.05) is 56.0 Å². The van der Waals surface area contributed by atoms with Crippen molar-refractivity contribution in [2.75, 3.05) is 18.0 Å². The highest BCUT2D eigenvalue weighted by atomic mass is 32.2. The summed E-state index contributed by atoms with van der Waals surface area (Å²) in [5.74, 6) is 0.682. The first kappa shape index (κ1) is 35.7. The van der Waals surface area contributed by atoms with Crippen molar-refractivity contribution in [3.8, 4) is 0 Å². The maximum absolute atomic E-state index is 5.06. The Bertz CT molecular complexity index is 2170. The van der Waals surface area contributed by atoms with Crippen LogP contribution in [-0.2, 0) is 6.42 Å². The van der Waals surface area contributed by atoms with Gasteiger partial charge in [-0.05, 0) is 107 Å². The number of fused-ring (bicyclic) bond motifs is 6. The van der Waals surface area contributed by atoms with Crippen molar-refractivity contribution >= 4 is 63.9 Å². The normalized spacial score (nSPS) is 19.2. The molecule has 2 aromatic carbocycles. The molecule has 0 spiro atoms. The summed E-state index contributed by atoms with van der Waals surface area (Å²) >= 11 is 1.93. The molecule has 0 amide bonds. The van der Waals surface area contributed by atoms with Gasteiger partial charge in [0.25, 0.3) is 0 Å². The minimum absolute atomic E-state index is 0.380. The minimum atomic E-state index is 0.380. The van der Waals surface area contributed by atoms with E-state index in [1.54, 1.807) is 0 Å². The van der Waals surface area contributed by atoms with Crippen molar-refractivity contribution in [3.63, 3.8) is 0 Å². The van der Waals surface area contributed by atoms with E-state index in [2.05, 4.69) is 165 Å². The molecule has 4 nitrogen and oxygen atoms in total. The molecule has 258 valence electrons. The third kappa shape index (κ3) is 6.96. The van der Waals surface area contributed by atoms with Gasteiger partial charge in [0.15, 0.2) is 5.84 Å². The second-order valence-corrected chi connectivity index (χ2v) is 13.9. The van der Waals surface area contributed by atoms with Crippen LogP contribution in [0.4, 0.5) is 11.4 Å². The number of allylic oxidation sites excluding steroid dienone is 14. The number of aryl methyl sites for hydroxylation is 1. The van der Waals surface area contributed by atoms with Gasteiger partial charge in [0.2, 0.25) is 0 Å². The first-order valence-electron chi connectivity index (χ1n) is 17.8. The average molecular weight is 689 g/mol. The molecule has 1 aliphatic carbocycles. The van der Waals surface area contributed by atoms with Crippen LogP contribution in [0.1, 0.15) is 62.1 Å². The molecule has 0 N–H and O–H groups in total. The molecule has 0 saturated carbocycles. The molecule has 3 heterocycles. The van der Waals surface area contributed by atoms with E-state index in [1.807, 2.05) is 30.8 Å². The third-order valence-electron chi connectivity index (χ3n) is 9.70. The molecule has 0 bridgehead atoms. The Morgan fingerprint density at radius 2 is 1.84 bits per heavy atom. The van der Waals surface area contributed by atoms with E-state index >= 15 is 0 Å². The van der Waals surface area contributed by atoms with Gasteiger partial charge in [-0.3, -0.25) is 4.99 Å². The van der Waals surface area contributed by atoms with Crippen molar-refractivity contribution in [3.05, 3.63) is 156 Å². The fourth-order valence-electron chi connectivity index (χ4n) is 7.25. The van der Waals surface area contributed by atoms with Crippen LogP contribution < -0.4 is 4.90 Å². The summed E-state index contributed by atoms with van der Waals surface area (Å²) in [5, 5.41) is 1.64. The summed E-state index contributed by atoms with van der Waals surface area (Å²) in [6, 6.07) is 9.31. The Kier molecular flexibility index (Phi) is 11.4. The van der Waals surface area contributed by atoms with Gasteiger partial charge in [0.1, 0.15) is 0 Å². The van der Waals surface area contributed by atoms with Gasteiger partial charge >= 0.3 is 0 Å². The van der Waals surface area contributed by atoms with E-state index in [-0.39, 0.29) is 0 Å². The van der Waals surface area contributed by atoms with Crippen molar-refractivity contribution in [2.24, 2.45) is 9.98 Å². The molecule has 3 aliphatic rings. The Hall–Kier alpha value is -5.13. The molecule has 3 aromatic rings. The van der Waals surface area contributed by atoms with Gasteiger partial charge in [-0.25, -0.2) is 4.99 Å². The highest BCUT2D eigenvalue weighted by molar-refractivity contribution is 8.01. The van der Waals surface area contributed by atoms with Crippen LogP contribution in [0.15, 0.2) is 142 Å². The number of amidine groups is 1. The molecule has 6 rings (SSSR count). The van der Waals surface area contributed by atoms with Crippen LogP contribution in [0.5, 0.6) is 0 Å². The number of aromatic nitrogens is 1. The maximum atomic E-state index is 5.06. The molecule has 5 heteroatoms. The first-order valence-corrected chi connectivity index (χ1v) is 18.7. The molecule has 51 heavy (non-hydrogen) atoms. The number of benzene rings is 2. The lowest BCUT2D eigenvalue weighted by Crippen LogP contribution is -2.20. The molecule has 0 fully saturated rings. The fraction of sp³-hybridized carbons (Fsp3) is 0.217. The molecule has 1 atom stereocenters. The number of hydrogen-bond donors (Lipinski definition) is 0. The zero-order valence-electron chi connectivity index (χ0n) is 30.6. The number of rotatable bonds is 9. The third-order valence-corrected chi connectivity index (χ3v) is 11.1. The molecular formula is C46H48N4S. The molecule has 0 radical (unpaired) electrons. The molecule has 1 aromatic heterocycles. The Balaban J connectivity index is 1.63. The Morgan fingerprint density at radius 1 is 1.00 bits per heavy atom. The summed E-state index contributed by atoms with van der Waals surface area (Å²) in [6.07, 6.45) is 36.2. The average Bonchev–Trinajstić information content (AvgIpc) is 3.69. The fourth-order valence-corrected chi connectivity index (χ4v) is 8.66. The monoisotopic (exact) mass is 688 g/mol. The molecular weight excluding hydrogens is 641 g/mol. The lowest BCUT2D eigenvalue weighted by molar-refractivity contribution is 1.06. The summed E-state index contributed by atoms with van der Waals surface area (Å²) in [5.41, 5.74) is 13.2. The maximum Gasteiger partial charge on any atom is 0.155 e. The summed E-state index contributed by atoms with van der Waals surface area (Å²) in [4.78, 5) is 13.3. The Labute approximate surface area is 308 Å². The number of hydrogen-bond acceptors (Lipinski definition) is 3. The molecule has 0 saturated heterocycles. The standard InChI is InChI=1S/C46H48N4S/c1-8-13-22-34(12-5)50-41(21-10-3)32(6)36-26-27-42-38(44(36)50)24-16-14-15-19-28-49(42)35-29-39-37-23-17-18-25-43(37)51-45(39)40(30-35)46(47-7)48-31-33(11-4)20-9-2/h8-23,26-27,29-30,43H,1,7,24-25,28,31H2,2-6H3/b16-14-,19-15-,20-9-,21-10-,22-13-,33-11+,34-12+,48-46-. The Morgan fingerprint density at radius 3 is 2.59 bits per heavy atom. The predicted molar refractivity (Wildman–Crippen MR) is 227 cm³/mol. The van der Waals surface area contributed by atoms with Gasteiger partial charge in [-0.1, -0.05) is 97.7 Å². The van der Waals surface area contributed by atoms with Crippen LogP contribution in [-0.4, -0.2) is 35.5 Å². The van der Waals surface area contributed by atoms with Gasteiger partial charge in [-0.15, -0.1) is 11.8 Å². The summed E-state index contributed by atoms with van der Waals surface area (Å²) < 4.78 is 2.42. The quantitative estimate of drug-likeness (QED) is 0.127. The second kappa shape index (κ2) is 16.3. The molecule has 1 unspecified atom stereocenters. The van der Waals surface area contributed by atoms with Crippen molar-refractivity contribution < 1.29 is 0 Å². The van der Waals surface area contributed by atoms with Crippen molar-refractivity contribution in [1.82, 2.24) is 4.57 Å². The summed E-state index contributed by atoms with van der Waals surface area (Å²) in [7, 11) is 0. The van der Waals surface area contributed by atoms with Gasteiger partial charge in [0.05, 0.1) is 12.1 Å². The van der Waals surface area contributed by atoms with E-state index in [4.69, 9.17) is 4.99 Å². The van der Waals surface area contributed by atoms with Gasteiger partial charge < -0.3 is 9.47 Å². The predicted octanol–water partition coefficient (Wildman–Crippen LogP) is 12.2. The highest BCUT2D eigenvalue weighted by Gasteiger charge is 2.33. The zero-order chi connectivity index (χ0) is 35.9. The van der Waals surface area contributed by atoms with Gasteiger partial charge in [-0.2, -0.15) is 0 Å². The van der Waals surface area contributed by atoms with E-state index in [9.17, 15) is 0 Å². The van der Waals surface area contributed by atoms with Crippen LogP contribution in [0.3, 0.4) is 0 Å². The topological polar surface area (TPSA) is 32.9 Å². The minimum Gasteiger partial charge on any atom is -0.337 e. The van der Waals surface area contributed by atoms with Crippen molar-refractivity contribution in [2.45, 2.75) is 57.6 Å². The first-order chi connectivity index (χ1) is 25.0. The van der Waals surface area contributed by atoms with Crippen LogP contribution in [0.2, 0.25) is 0 Å². The SMILES string of the molecule is C=C/C=C\C(=C/C)n1c(/C=C\C)c(C)c2ccc3c(c21)C/C=C\C=C/CN3c1cc2c(c(/C(N=C)=N/CC(/C=C\C)=C/C)c1)SC1CC=CC=C21.